The van der Waals surface area contributed by atoms with Gasteiger partial charge in [-0.2, -0.15) is 5.10 Å². The molecule has 4 aromatic rings. The van der Waals surface area contributed by atoms with Gasteiger partial charge >= 0.3 is 0 Å². The number of anilines is 1. The van der Waals surface area contributed by atoms with Crippen molar-refractivity contribution in [2.24, 2.45) is 0 Å². The zero-order chi connectivity index (χ0) is 28.3. The molecule has 2 fully saturated rings. The molecule has 2 N–H and O–H groups in total. The van der Waals surface area contributed by atoms with E-state index in [1.807, 2.05) is 25.3 Å². The molecular weight excluding hydrogens is 512 g/mol. The SMILES string of the molecule is CC(C)(C)n1cc(C(=O)NCc2ccc(-c3ncnn4cc(N5CCOCC5)cc34)cc2C2CC2)nn1.O=CO. The third-order valence-electron chi connectivity index (χ3n) is 7.06. The van der Waals surface area contributed by atoms with Crippen molar-refractivity contribution in [1.29, 1.82) is 0 Å². The van der Waals surface area contributed by atoms with Crippen LogP contribution >= 0.6 is 0 Å². The summed E-state index contributed by atoms with van der Waals surface area (Å²) in [6.07, 6.45) is 7.70. The molecule has 1 aliphatic heterocycles. The van der Waals surface area contributed by atoms with Crippen molar-refractivity contribution >= 4 is 23.6 Å². The van der Waals surface area contributed by atoms with Gasteiger partial charge in [0.1, 0.15) is 6.33 Å². The van der Waals surface area contributed by atoms with Gasteiger partial charge in [-0.15, -0.1) is 5.10 Å². The van der Waals surface area contributed by atoms with Gasteiger partial charge in [-0.3, -0.25) is 9.59 Å². The van der Waals surface area contributed by atoms with Gasteiger partial charge in [-0.25, -0.2) is 14.2 Å². The van der Waals surface area contributed by atoms with Crippen LogP contribution in [0.2, 0.25) is 0 Å². The van der Waals surface area contributed by atoms with E-state index < -0.39 is 0 Å². The van der Waals surface area contributed by atoms with Crippen molar-refractivity contribution in [3.05, 3.63) is 59.8 Å². The molecule has 0 unspecified atom stereocenters. The van der Waals surface area contributed by atoms with Gasteiger partial charge in [0.05, 0.1) is 48.0 Å². The Morgan fingerprint density at radius 2 is 1.93 bits per heavy atom. The van der Waals surface area contributed by atoms with Gasteiger partial charge in [-0.05, 0) is 62.8 Å². The fourth-order valence-corrected chi connectivity index (χ4v) is 4.77. The average Bonchev–Trinajstić information content (AvgIpc) is 3.48. The smallest absolute Gasteiger partial charge is 0.290 e. The summed E-state index contributed by atoms with van der Waals surface area (Å²) < 4.78 is 9.12. The number of carbonyl (C=O) groups is 2. The zero-order valence-corrected chi connectivity index (χ0v) is 22.9. The van der Waals surface area contributed by atoms with Crippen molar-refractivity contribution in [2.45, 2.75) is 51.6 Å². The molecule has 6 rings (SSSR count). The Balaban J connectivity index is 0.00000103. The second-order valence-electron chi connectivity index (χ2n) is 10.9. The maximum absolute atomic E-state index is 12.8. The van der Waals surface area contributed by atoms with Crippen LogP contribution < -0.4 is 10.2 Å². The summed E-state index contributed by atoms with van der Waals surface area (Å²) in [6.45, 7) is 9.49. The predicted molar refractivity (Wildman–Crippen MR) is 148 cm³/mol. The predicted octanol–water partition coefficient (Wildman–Crippen LogP) is 3.09. The van der Waals surface area contributed by atoms with Crippen LogP contribution in [-0.2, 0) is 21.6 Å². The molecule has 1 amide bonds. The van der Waals surface area contributed by atoms with E-state index in [-0.39, 0.29) is 17.9 Å². The maximum Gasteiger partial charge on any atom is 0.290 e. The molecule has 3 aromatic heterocycles. The molecule has 1 aromatic carbocycles. The molecule has 12 nitrogen and oxygen atoms in total. The summed E-state index contributed by atoms with van der Waals surface area (Å²) in [5.41, 5.74) is 6.58. The largest absolute Gasteiger partial charge is 0.483 e. The van der Waals surface area contributed by atoms with Gasteiger partial charge in [-0.1, -0.05) is 17.3 Å². The highest BCUT2D eigenvalue weighted by Gasteiger charge is 2.27. The van der Waals surface area contributed by atoms with E-state index in [1.54, 1.807) is 17.2 Å². The lowest BCUT2D eigenvalue weighted by Gasteiger charge is -2.27. The monoisotopic (exact) mass is 546 g/mol. The topological polar surface area (TPSA) is 140 Å². The molecule has 0 radical (unpaired) electrons. The number of fused-ring (bicyclic) bond motifs is 1. The summed E-state index contributed by atoms with van der Waals surface area (Å²) >= 11 is 0. The van der Waals surface area contributed by atoms with Crippen molar-refractivity contribution in [1.82, 2.24) is 34.9 Å². The van der Waals surface area contributed by atoms with E-state index in [0.717, 1.165) is 67.2 Å². The number of carboxylic acid groups (broad SMARTS) is 1. The van der Waals surface area contributed by atoms with E-state index in [2.05, 4.69) is 61.1 Å². The number of nitrogens with one attached hydrogen (secondary N) is 1. The Morgan fingerprint density at radius 1 is 1.18 bits per heavy atom. The molecule has 0 bridgehead atoms. The number of rotatable bonds is 6. The molecule has 1 saturated heterocycles. The Kier molecular flexibility index (Phi) is 7.78. The highest BCUT2D eigenvalue weighted by atomic mass is 16.5. The van der Waals surface area contributed by atoms with Crippen molar-refractivity contribution in [3.63, 3.8) is 0 Å². The minimum atomic E-state index is -0.250. The number of ether oxygens (including phenoxy) is 1. The minimum absolute atomic E-state index is 0.220. The number of morpholine rings is 1. The lowest BCUT2D eigenvalue weighted by Crippen LogP contribution is -2.35. The molecular formula is C28H34N8O4. The fourth-order valence-electron chi connectivity index (χ4n) is 4.77. The number of nitrogens with zero attached hydrogens (tertiary/aromatic N) is 7. The second-order valence-corrected chi connectivity index (χ2v) is 10.9. The van der Waals surface area contributed by atoms with Gasteiger partial charge in [0, 0.05) is 25.2 Å². The van der Waals surface area contributed by atoms with Gasteiger partial charge in [0.15, 0.2) is 5.69 Å². The van der Waals surface area contributed by atoms with Crippen molar-refractivity contribution in [2.75, 3.05) is 31.2 Å². The van der Waals surface area contributed by atoms with E-state index in [0.29, 0.717) is 18.2 Å². The molecule has 40 heavy (non-hydrogen) atoms. The lowest BCUT2D eigenvalue weighted by molar-refractivity contribution is -0.122. The first kappa shape index (κ1) is 27.3. The van der Waals surface area contributed by atoms with E-state index >= 15 is 0 Å². The van der Waals surface area contributed by atoms with E-state index in [4.69, 9.17) is 14.6 Å². The Hall–Kier alpha value is -4.32. The van der Waals surface area contributed by atoms with Crippen LogP contribution in [-0.4, -0.2) is 73.4 Å². The summed E-state index contributed by atoms with van der Waals surface area (Å²) in [4.78, 5) is 28.1. The summed E-state index contributed by atoms with van der Waals surface area (Å²) in [6, 6.07) is 8.60. The van der Waals surface area contributed by atoms with Gasteiger partial charge < -0.3 is 20.1 Å². The molecule has 2 aliphatic rings. The molecule has 0 atom stereocenters. The first-order chi connectivity index (χ1) is 19.3. The highest BCUT2D eigenvalue weighted by molar-refractivity contribution is 5.91. The summed E-state index contributed by atoms with van der Waals surface area (Å²) in [7, 11) is 0. The Morgan fingerprint density at radius 3 is 2.60 bits per heavy atom. The van der Waals surface area contributed by atoms with Crippen LogP contribution in [0, 0.1) is 0 Å². The van der Waals surface area contributed by atoms with Gasteiger partial charge in [0.2, 0.25) is 0 Å². The van der Waals surface area contributed by atoms with Crippen LogP contribution in [0.1, 0.15) is 61.1 Å². The third-order valence-corrected chi connectivity index (χ3v) is 7.06. The van der Waals surface area contributed by atoms with E-state index in [1.165, 1.54) is 5.56 Å². The minimum Gasteiger partial charge on any atom is -0.483 e. The molecule has 4 heterocycles. The number of benzene rings is 1. The molecule has 210 valence electrons. The molecule has 12 heteroatoms. The fraction of sp³-hybridized carbons (Fsp3) is 0.429. The Labute approximate surface area is 232 Å². The highest BCUT2D eigenvalue weighted by Crippen LogP contribution is 2.43. The third kappa shape index (κ3) is 5.96. The standard InChI is InChI=1S/C27H32N8O2.CH2O2/c1-27(2,3)35-16-23(31-32-35)26(36)28-14-20-7-6-19(12-22(20)18-4-5-18)25-24-13-21(15-34(24)30-17-29-25)33-8-10-37-11-9-33;2-1-3/h6-7,12-13,15-18H,4-5,8-11,14H2,1-3H3,(H,28,36);1H,(H,2,3). The van der Waals surface area contributed by atoms with Crippen LogP contribution in [0.15, 0.2) is 43.0 Å². The number of hydrogen-bond donors (Lipinski definition) is 2. The summed E-state index contributed by atoms with van der Waals surface area (Å²) in [5, 5.41) is 22.5. The van der Waals surface area contributed by atoms with Crippen LogP contribution in [0.4, 0.5) is 5.69 Å². The number of aromatic nitrogens is 6. The number of carbonyl (C=O) groups excluding carboxylic acids is 1. The van der Waals surface area contributed by atoms with Crippen molar-refractivity contribution < 1.29 is 19.4 Å². The quantitative estimate of drug-likeness (QED) is 0.349. The number of amides is 1. The molecule has 0 spiro atoms. The average molecular weight is 547 g/mol. The van der Waals surface area contributed by atoms with Crippen LogP contribution in [0.5, 0.6) is 0 Å². The zero-order valence-electron chi connectivity index (χ0n) is 22.9. The van der Waals surface area contributed by atoms with Gasteiger partial charge in [0.25, 0.3) is 12.4 Å². The first-order valence-corrected chi connectivity index (χ1v) is 13.4. The second kappa shape index (κ2) is 11.4. The Bertz CT molecular complexity index is 1500. The summed E-state index contributed by atoms with van der Waals surface area (Å²) in [5.74, 6) is 0.296. The maximum atomic E-state index is 12.8. The van der Waals surface area contributed by atoms with E-state index in [9.17, 15) is 4.79 Å². The van der Waals surface area contributed by atoms with Crippen molar-refractivity contribution in [3.8, 4) is 11.3 Å². The molecule has 1 saturated carbocycles. The van der Waals surface area contributed by atoms with Crippen LogP contribution in [0.3, 0.4) is 0 Å². The molecule has 1 aliphatic carbocycles. The normalized spacial score (nSPS) is 15.4. The lowest BCUT2D eigenvalue weighted by atomic mass is 9.98. The van der Waals surface area contributed by atoms with Crippen LogP contribution in [0.25, 0.3) is 16.8 Å². The number of hydrogen-bond acceptors (Lipinski definition) is 8. The first-order valence-electron chi connectivity index (χ1n) is 13.4.